The van der Waals surface area contributed by atoms with Crippen LogP contribution in [0.4, 0.5) is 0 Å². The van der Waals surface area contributed by atoms with Crippen molar-refractivity contribution in [2.24, 2.45) is 0 Å². The van der Waals surface area contributed by atoms with Gasteiger partial charge in [-0.05, 0) is 54.3 Å². The van der Waals surface area contributed by atoms with Crippen molar-refractivity contribution in [3.05, 3.63) is 57.6 Å². The third-order valence-electron chi connectivity index (χ3n) is 5.44. The van der Waals surface area contributed by atoms with Gasteiger partial charge in [0.25, 0.3) is 0 Å². The highest BCUT2D eigenvalue weighted by molar-refractivity contribution is 7.90. The Hall–Kier alpha value is -1.31. The SMILES string of the molecule is CS(=O)(=O)c1ccc(O[C@@H]2c3cc(Cl)ccc3C[C@@H]2N2CC[C@@H](O)C2)c(Cl)c1. The molecule has 8 heteroatoms. The van der Waals surface area contributed by atoms with Crippen LogP contribution in [0.5, 0.6) is 5.75 Å². The van der Waals surface area contributed by atoms with Gasteiger partial charge in [0.15, 0.2) is 9.84 Å². The molecule has 2 aliphatic rings. The molecular weight excluding hydrogens is 421 g/mol. The summed E-state index contributed by atoms with van der Waals surface area (Å²) in [6.45, 7) is 1.40. The van der Waals surface area contributed by atoms with E-state index in [2.05, 4.69) is 4.90 Å². The minimum atomic E-state index is -3.35. The summed E-state index contributed by atoms with van der Waals surface area (Å²) in [4.78, 5) is 2.39. The predicted octanol–water partition coefficient (Wildman–Crippen LogP) is 3.51. The van der Waals surface area contributed by atoms with Crippen LogP contribution in [0.2, 0.25) is 10.0 Å². The van der Waals surface area contributed by atoms with Gasteiger partial charge in [-0.25, -0.2) is 8.42 Å². The number of fused-ring (bicyclic) bond motifs is 1. The van der Waals surface area contributed by atoms with Gasteiger partial charge < -0.3 is 9.84 Å². The molecule has 1 saturated heterocycles. The summed E-state index contributed by atoms with van der Waals surface area (Å²) < 4.78 is 29.8. The number of hydrogen-bond donors (Lipinski definition) is 1. The summed E-state index contributed by atoms with van der Waals surface area (Å²) in [6, 6.07) is 10.3. The molecule has 1 heterocycles. The molecule has 28 heavy (non-hydrogen) atoms. The maximum absolute atomic E-state index is 11.8. The van der Waals surface area contributed by atoms with E-state index in [0.29, 0.717) is 17.3 Å². The lowest BCUT2D eigenvalue weighted by molar-refractivity contribution is 0.0819. The predicted molar refractivity (Wildman–Crippen MR) is 109 cm³/mol. The Bertz CT molecular complexity index is 1010. The topological polar surface area (TPSA) is 66.8 Å². The van der Waals surface area contributed by atoms with Crippen molar-refractivity contribution in [1.29, 1.82) is 0 Å². The first-order valence-corrected chi connectivity index (χ1v) is 11.7. The van der Waals surface area contributed by atoms with Crippen LogP contribution in [-0.2, 0) is 16.3 Å². The first-order valence-electron chi connectivity index (χ1n) is 9.09. The number of likely N-dealkylation sites (tertiary alicyclic amines) is 1. The number of ether oxygens (including phenoxy) is 1. The highest BCUT2D eigenvalue weighted by Gasteiger charge is 2.40. The second kappa shape index (κ2) is 7.50. The zero-order valence-electron chi connectivity index (χ0n) is 15.3. The zero-order valence-corrected chi connectivity index (χ0v) is 17.6. The first kappa shape index (κ1) is 20.0. The molecule has 150 valence electrons. The van der Waals surface area contributed by atoms with E-state index in [1.54, 1.807) is 6.07 Å². The summed E-state index contributed by atoms with van der Waals surface area (Å²) in [5.74, 6) is 0.427. The third-order valence-corrected chi connectivity index (χ3v) is 7.08. The standard InChI is InChI=1S/C20H21Cl2NO4S/c1-28(25,26)15-4-5-19(17(22)10-15)27-20-16-9-13(21)3-2-12(16)8-18(20)23-7-6-14(24)11-23/h2-5,9-10,14,18,20,24H,6-8,11H2,1H3/t14-,18+,20-/m1/s1. The number of β-amino-alcohol motifs (C(OH)–C–C–N with tert-alkyl or cyclic N) is 1. The molecule has 1 aliphatic heterocycles. The highest BCUT2D eigenvalue weighted by Crippen LogP contribution is 2.42. The molecule has 4 rings (SSSR count). The summed E-state index contributed by atoms with van der Waals surface area (Å²) in [5.41, 5.74) is 2.16. The average Bonchev–Trinajstić information content (AvgIpc) is 3.19. The number of benzene rings is 2. The normalized spacial score (nSPS) is 25.1. The third kappa shape index (κ3) is 3.89. The average molecular weight is 442 g/mol. The van der Waals surface area contributed by atoms with E-state index in [1.807, 2.05) is 18.2 Å². The Morgan fingerprint density at radius 1 is 1.18 bits per heavy atom. The van der Waals surface area contributed by atoms with Crippen LogP contribution in [0.25, 0.3) is 0 Å². The molecular formula is C20H21Cl2NO4S. The number of nitrogens with zero attached hydrogens (tertiary/aromatic N) is 1. The minimum Gasteiger partial charge on any atom is -0.482 e. The highest BCUT2D eigenvalue weighted by atomic mass is 35.5. The smallest absolute Gasteiger partial charge is 0.175 e. The second-order valence-electron chi connectivity index (χ2n) is 7.45. The fourth-order valence-corrected chi connectivity index (χ4v) is 5.15. The summed E-state index contributed by atoms with van der Waals surface area (Å²) in [5, 5.41) is 10.8. The Labute approximate surface area is 174 Å². The van der Waals surface area contributed by atoms with Crippen molar-refractivity contribution in [2.75, 3.05) is 19.3 Å². The van der Waals surface area contributed by atoms with Gasteiger partial charge in [0.05, 0.1) is 22.1 Å². The van der Waals surface area contributed by atoms with Crippen LogP contribution < -0.4 is 4.74 Å². The van der Waals surface area contributed by atoms with Gasteiger partial charge in [-0.15, -0.1) is 0 Å². The Kier molecular flexibility index (Phi) is 5.35. The van der Waals surface area contributed by atoms with E-state index < -0.39 is 9.84 Å². The van der Waals surface area contributed by atoms with Crippen molar-refractivity contribution in [3.63, 3.8) is 0 Å². The van der Waals surface area contributed by atoms with E-state index in [4.69, 9.17) is 27.9 Å². The molecule has 5 nitrogen and oxygen atoms in total. The van der Waals surface area contributed by atoms with Crippen molar-refractivity contribution in [3.8, 4) is 5.75 Å². The molecule has 1 aliphatic carbocycles. The maximum atomic E-state index is 11.8. The number of sulfone groups is 1. The van der Waals surface area contributed by atoms with Gasteiger partial charge in [0.1, 0.15) is 11.9 Å². The maximum Gasteiger partial charge on any atom is 0.175 e. The lowest BCUT2D eigenvalue weighted by Crippen LogP contribution is -2.39. The molecule has 1 N–H and O–H groups in total. The van der Waals surface area contributed by atoms with Crippen molar-refractivity contribution in [1.82, 2.24) is 4.90 Å². The lowest BCUT2D eigenvalue weighted by Gasteiger charge is -2.30. The summed E-state index contributed by atoms with van der Waals surface area (Å²) in [7, 11) is -3.35. The number of halogens is 2. The molecule has 3 atom stereocenters. The van der Waals surface area contributed by atoms with Crippen LogP contribution >= 0.6 is 23.2 Å². The molecule has 2 aromatic carbocycles. The Balaban J connectivity index is 1.68. The number of rotatable bonds is 4. The number of aliphatic hydroxyl groups is 1. The van der Waals surface area contributed by atoms with Gasteiger partial charge >= 0.3 is 0 Å². The minimum absolute atomic E-state index is 0.0521. The molecule has 0 spiro atoms. The van der Waals surface area contributed by atoms with Gasteiger partial charge in [0.2, 0.25) is 0 Å². The van der Waals surface area contributed by atoms with Crippen molar-refractivity contribution < 1.29 is 18.3 Å². The van der Waals surface area contributed by atoms with Gasteiger partial charge in [-0.1, -0.05) is 29.3 Å². The van der Waals surface area contributed by atoms with Crippen molar-refractivity contribution >= 4 is 33.0 Å². The zero-order chi connectivity index (χ0) is 20.1. The van der Waals surface area contributed by atoms with Crippen molar-refractivity contribution in [2.45, 2.75) is 36.0 Å². The molecule has 0 unspecified atom stereocenters. The molecule has 0 radical (unpaired) electrons. The molecule has 0 saturated carbocycles. The molecule has 0 bridgehead atoms. The van der Waals surface area contributed by atoms with Gasteiger partial charge in [-0.2, -0.15) is 0 Å². The van der Waals surface area contributed by atoms with Gasteiger partial charge in [0, 0.05) is 24.4 Å². The van der Waals surface area contributed by atoms with Gasteiger partial charge in [-0.3, -0.25) is 4.90 Å². The van der Waals surface area contributed by atoms with Crippen LogP contribution in [0, 0.1) is 0 Å². The molecule has 0 aromatic heterocycles. The van der Waals surface area contributed by atoms with Crippen LogP contribution in [0.15, 0.2) is 41.3 Å². The van der Waals surface area contributed by atoms with E-state index in [-0.39, 0.29) is 28.2 Å². The summed E-state index contributed by atoms with van der Waals surface area (Å²) in [6.07, 6.45) is 2.04. The number of hydrogen-bond acceptors (Lipinski definition) is 5. The lowest BCUT2D eigenvalue weighted by atomic mass is 10.1. The van der Waals surface area contributed by atoms with Crippen LogP contribution in [0.3, 0.4) is 0 Å². The Morgan fingerprint density at radius 3 is 2.61 bits per heavy atom. The Morgan fingerprint density at radius 2 is 1.96 bits per heavy atom. The van der Waals surface area contributed by atoms with E-state index in [0.717, 1.165) is 36.8 Å². The molecule has 1 fully saturated rings. The summed E-state index contributed by atoms with van der Waals surface area (Å²) >= 11 is 12.6. The van der Waals surface area contributed by atoms with Crippen LogP contribution in [-0.4, -0.2) is 49.9 Å². The van der Waals surface area contributed by atoms with E-state index in [1.165, 1.54) is 12.1 Å². The quantitative estimate of drug-likeness (QED) is 0.785. The van der Waals surface area contributed by atoms with Crippen LogP contribution in [0.1, 0.15) is 23.7 Å². The fraction of sp³-hybridized carbons (Fsp3) is 0.400. The fourth-order valence-electron chi connectivity index (χ4n) is 4.03. The monoisotopic (exact) mass is 441 g/mol. The first-order chi connectivity index (χ1) is 13.2. The van der Waals surface area contributed by atoms with E-state index in [9.17, 15) is 13.5 Å². The molecule has 2 aromatic rings. The van der Waals surface area contributed by atoms with E-state index >= 15 is 0 Å². The second-order valence-corrected chi connectivity index (χ2v) is 10.3. The largest absolute Gasteiger partial charge is 0.482 e. The molecule has 0 amide bonds. The number of aliphatic hydroxyl groups excluding tert-OH is 1.